The summed E-state index contributed by atoms with van der Waals surface area (Å²) in [5.41, 5.74) is -2.29. The fraction of sp³-hybridized carbons (Fsp3) is 0.565. The van der Waals surface area contributed by atoms with E-state index in [1.165, 1.54) is 29.6 Å². The average molecular weight is 645 g/mol. The van der Waals surface area contributed by atoms with E-state index in [9.17, 15) is 32.1 Å². The van der Waals surface area contributed by atoms with Crippen LogP contribution in [-0.4, -0.2) is 96.0 Å². The van der Waals surface area contributed by atoms with Crippen molar-refractivity contribution in [1.29, 1.82) is 0 Å². The van der Waals surface area contributed by atoms with Gasteiger partial charge in [-0.25, -0.2) is 23.9 Å². The highest BCUT2D eigenvalue weighted by molar-refractivity contribution is 7.84. The van der Waals surface area contributed by atoms with Crippen LogP contribution in [0.1, 0.15) is 54.2 Å². The topological polar surface area (TPSA) is 234 Å². The van der Waals surface area contributed by atoms with Crippen LogP contribution in [0, 0.1) is 0 Å². The molecular weight excluding hydrogens is 612 g/mol. The number of ether oxygens (including phenoxy) is 2. The Hall–Kier alpha value is -4.17. The van der Waals surface area contributed by atoms with Crippen molar-refractivity contribution in [2.24, 2.45) is 5.16 Å². The summed E-state index contributed by atoms with van der Waals surface area (Å²) in [4.78, 5) is 63.8. The van der Waals surface area contributed by atoms with Gasteiger partial charge in [0.15, 0.2) is 10.8 Å². The molecule has 1 saturated heterocycles. The van der Waals surface area contributed by atoms with Gasteiger partial charge in [-0.2, -0.15) is 13.5 Å². The van der Waals surface area contributed by atoms with Gasteiger partial charge >= 0.3 is 22.4 Å². The van der Waals surface area contributed by atoms with Crippen LogP contribution in [0.2, 0.25) is 0 Å². The van der Waals surface area contributed by atoms with Crippen molar-refractivity contribution in [3.8, 4) is 0 Å². The predicted octanol–water partition coefficient (Wildman–Crippen LogP) is 0.731. The largest absolute Gasteiger partial charge is 0.457 e. The van der Waals surface area contributed by atoms with E-state index in [1.54, 1.807) is 41.5 Å². The summed E-state index contributed by atoms with van der Waals surface area (Å²) in [6, 6.07) is -2.74. The van der Waals surface area contributed by atoms with E-state index in [1.807, 2.05) is 0 Å². The van der Waals surface area contributed by atoms with Gasteiger partial charge in [0, 0.05) is 5.38 Å². The van der Waals surface area contributed by atoms with Crippen LogP contribution in [0.15, 0.2) is 23.2 Å². The number of carbonyl (C=O) groups is 4. The molecule has 0 bridgehead atoms. The predicted molar refractivity (Wildman–Crippen MR) is 149 cm³/mol. The van der Waals surface area contributed by atoms with Crippen LogP contribution in [0.25, 0.3) is 0 Å². The average Bonchev–Trinajstić information content (AvgIpc) is 3.51. The molecule has 1 aliphatic rings. The number of hydrogen-bond acceptors (Lipinski definition) is 14. The minimum Gasteiger partial charge on any atom is -0.457 e. The lowest BCUT2D eigenvalue weighted by Crippen LogP contribution is -2.73. The molecular formula is C23H32N8O10S2. The van der Waals surface area contributed by atoms with Gasteiger partial charge < -0.3 is 19.6 Å². The third kappa shape index (κ3) is 9.16. The Labute approximate surface area is 250 Å². The molecule has 0 saturated carbocycles. The lowest BCUT2D eigenvalue weighted by molar-refractivity contribution is -0.167. The van der Waals surface area contributed by atoms with E-state index in [4.69, 9.17) is 14.3 Å². The van der Waals surface area contributed by atoms with Gasteiger partial charge in [-0.1, -0.05) is 5.16 Å². The number of esters is 1. The molecule has 18 nitrogen and oxygen atoms in total. The monoisotopic (exact) mass is 644 g/mol. The molecule has 3 heterocycles. The van der Waals surface area contributed by atoms with Crippen molar-refractivity contribution < 1.29 is 46.5 Å². The highest BCUT2D eigenvalue weighted by atomic mass is 32.2. The summed E-state index contributed by atoms with van der Waals surface area (Å²) in [5.74, 6) is -2.97. The van der Waals surface area contributed by atoms with E-state index >= 15 is 0 Å². The van der Waals surface area contributed by atoms with Gasteiger partial charge in [0.25, 0.3) is 11.8 Å². The summed E-state index contributed by atoms with van der Waals surface area (Å²) in [7, 11) is -4.97. The van der Waals surface area contributed by atoms with E-state index in [0.717, 1.165) is 11.3 Å². The van der Waals surface area contributed by atoms with Gasteiger partial charge in [0.1, 0.15) is 35.6 Å². The van der Waals surface area contributed by atoms with Crippen molar-refractivity contribution in [1.82, 2.24) is 29.4 Å². The first-order valence-electron chi connectivity index (χ1n) is 12.6. The molecule has 2 aromatic rings. The highest BCUT2D eigenvalue weighted by Gasteiger charge is 2.54. The second kappa shape index (κ2) is 12.6. The Morgan fingerprint density at radius 2 is 1.81 bits per heavy atom. The van der Waals surface area contributed by atoms with Crippen LogP contribution < -0.4 is 10.6 Å². The lowest BCUT2D eigenvalue weighted by atomic mass is 9.98. The molecule has 0 radical (unpaired) electrons. The molecule has 3 amide bonds. The number of nitrogens with zero attached hydrogens (tertiary/aromatic N) is 6. The lowest BCUT2D eigenvalue weighted by Gasteiger charge is -2.43. The number of aromatic nitrogens is 4. The number of hydrogen-bond donors (Lipinski definition) is 3. The van der Waals surface area contributed by atoms with Crippen LogP contribution >= 0.6 is 11.3 Å². The number of thiazole rings is 1. The van der Waals surface area contributed by atoms with Crippen molar-refractivity contribution in [3.63, 3.8) is 0 Å². The van der Waals surface area contributed by atoms with Crippen LogP contribution in [0.3, 0.4) is 0 Å². The van der Waals surface area contributed by atoms with Gasteiger partial charge in [0.05, 0.1) is 12.6 Å². The number of β-lactam (4-membered cyclic amide) rings is 1. The number of amides is 3. The SMILES string of the molecule is C[C@@H](O/N=C(\C(=O)N[C@@H]1C(=O)N(S(=O)(=O)O)[C@@H]1Cn1cncn1)c1csc(NC(=O)OC(C)(C)C)n1)C(=O)OC(C)(C)C. The van der Waals surface area contributed by atoms with Crippen LogP contribution in [0.4, 0.5) is 9.93 Å². The second-order valence-corrected chi connectivity index (χ2v) is 13.3. The van der Waals surface area contributed by atoms with Crippen molar-refractivity contribution in [2.75, 3.05) is 5.32 Å². The Morgan fingerprint density at radius 3 is 2.37 bits per heavy atom. The smallest absolute Gasteiger partial charge is 0.413 e. The Bertz CT molecular complexity index is 1490. The Kier molecular flexibility index (Phi) is 9.76. The summed E-state index contributed by atoms with van der Waals surface area (Å²) in [6.45, 7) is 11.0. The first kappa shape index (κ1) is 33.3. The molecule has 2 aromatic heterocycles. The van der Waals surface area contributed by atoms with Gasteiger partial charge in [0.2, 0.25) is 6.10 Å². The summed E-state index contributed by atoms with van der Waals surface area (Å²) in [6.07, 6.45) is 0.329. The van der Waals surface area contributed by atoms with E-state index < -0.39 is 69.3 Å². The van der Waals surface area contributed by atoms with Crippen molar-refractivity contribution >= 4 is 56.4 Å². The molecule has 1 fully saturated rings. The molecule has 0 spiro atoms. The molecule has 3 N–H and O–H groups in total. The van der Waals surface area contributed by atoms with Gasteiger partial charge in [-0.3, -0.25) is 24.1 Å². The minimum absolute atomic E-state index is 0.0197. The number of oxime groups is 1. The first-order valence-corrected chi connectivity index (χ1v) is 14.9. The molecule has 236 valence electrons. The molecule has 3 rings (SSSR count). The summed E-state index contributed by atoms with van der Waals surface area (Å²) >= 11 is 0.907. The number of carbonyl (C=O) groups excluding carboxylic acids is 4. The van der Waals surface area contributed by atoms with Crippen molar-refractivity contribution in [2.45, 2.75) is 84.4 Å². The minimum atomic E-state index is -4.97. The number of anilines is 1. The standard InChI is InChI=1S/C23H32N8O10S2/c1-12(19(34)39-22(2,3)4)41-29-15(13-9-42-20(26-13)28-21(35)40-23(5,6)7)17(32)27-16-14(8-30-11-24-10-25-30)31(18(16)33)43(36,37)38/h9-12,14,16H,8H2,1-7H3,(H,27,32)(H,26,28,35)(H,36,37,38)/b29-15-/t12-,14-,16+/m1/s1. The number of nitrogens with one attached hydrogen (secondary N) is 2. The second-order valence-electron chi connectivity index (χ2n) is 11.1. The maximum atomic E-state index is 13.4. The maximum absolute atomic E-state index is 13.4. The normalized spacial score (nSPS) is 18.4. The van der Waals surface area contributed by atoms with E-state index in [-0.39, 0.29) is 21.7 Å². The van der Waals surface area contributed by atoms with Gasteiger partial charge in [-0.05, 0) is 48.5 Å². The van der Waals surface area contributed by atoms with Gasteiger partial charge in [-0.15, -0.1) is 11.3 Å². The fourth-order valence-corrected chi connectivity index (χ4v) is 5.02. The molecule has 0 unspecified atom stereocenters. The highest BCUT2D eigenvalue weighted by Crippen LogP contribution is 2.25. The Morgan fingerprint density at radius 1 is 1.16 bits per heavy atom. The first-order chi connectivity index (χ1) is 19.7. The molecule has 0 aliphatic carbocycles. The zero-order valence-corrected chi connectivity index (χ0v) is 25.9. The fourth-order valence-electron chi connectivity index (χ4n) is 3.46. The quantitative estimate of drug-likeness (QED) is 0.107. The molecule has 0 aromatic carbocycles. The third-order valence-corrected chi connectivity index (χ3v) is 6.86. The molecule has 20 heteroatoms. The number of rotatable bonds is 10. The molecule has 1 aliphatic heterocycles. The van der Waals surface area contributed by atoms with Crippen LogP contribution in [0.5, 0.6) is 0 Å². The van der Waals surface area contributed by atoms with Crippen molar-refractivity contribution in [3.05, 3.63) is 23.7 Å². The van der Waals surface area contributed by atoms with E-state index in [0.29, 0.717) is 0 Å². The molecule has 3 atom stereocenters. The zero-order chi connectivity index (χ0) is 32.3. The zero-order valence-electron chi connectivity index (χ0n) is 24.3. The Balaban J connectivity index is 1.88. The molecule has 43 heavy (non-hydrogen) atoms. The van der Waals surface area contributed by atoms with Crippen LogP contribution in [-0.2, 0) is 45.5 Å². The van der Waals surface area contributed by atoms with E-state index in [2.05, 4.69) is 30.9 Å². The third-order valence-electron chi connectivity index (χ3n) is 5.16. The summed E-state index contributed by atoms with van der Waals surface area (Å²) in [5, 5.41) is 13.8. The maximum Gasteiger partial charge on any atom is 0.413 e. The summed E-state index contributed by atoms with van der Waals surface area (Å²) < 4.78 is 45.0.